The number of carbonyl (C=O) groups is 1. The van der Waals surface area contributed by atoms with E-state index in [2.05, 4.69) is 16.8 Å². The second kappa shape index (κ2) is 8.08. The van der Waals surface area contributed by atoms with Gasteiger partial charge < -0.3 is 9.64 Å². The van der Waals surface area contributed by atoms with Crippen LogP contribution in [0, 0.1) is 0 Å². The molecule has 1 aliphatic rings. The van der Waals surface area contributed by atoms with E-state index < -0.39 is 0 Å². The van der Waals surface area contributed by atoms with E-state index >= 15 is 0 Å². The largest absolute Gasteiger partial charge is 0.452 e. The molecule has 1 saturated heterocycles. The molecule has 3 rings (SSSR count). The summed E-state index contributed by atoms with van der Waals surface area (Å²) in [5.74, 6) is -0.169. The first-order valence-electron chi connectivity index (χ1n) is 8.42. The molecule has 0 spiro atoms. The Morgan fingerprint density at radius 2 is 1.42 bits per heavy atom. The Morgan fingerprint density at radius 1 is 0.917 bits per heavy atom. The summed E-state index contributed by atoms with van der Waals surface area (Å²) in [6.45, 7) is 4.16. The number of ether oxygens (including phenoxy) is 1. The first-order valence-corrected chi connectivity index (χ1v) is 8.42. The molecule has 0 saturated carbocycles. The van der Waals surface area contributed by atoms with Crippen LogP contribution in [0.2, 0.25) is 0 Å². The third-order valence-corrected chi connectivity index (χ3v) is 4.40. The van der Waals surface area contributed by atoms with Crippen molar-refractivity contribution in [2.24, 2.45) is 0 Å². The van der Waals surface area contributed by atoms with Crippen LogP contribution in [0.4, 0.5) is 0 Å². The molecular weight excluding hydrogens is 300 g/mol. The summed E-state index contributed by atoms with van der Waals surface area (Å²) < 4.78 is 5.86. The van der Waals surface area contributed by atoms with Gasteiger partial charge in [0.1, 0.15) is 0 Å². The van der Waals surface area contributed by atoms with Crippen LogP contribution in [0.5, 0.6) is 0 Å². The summed E-state index contributed by atoms with van der Waals surface area (Å²) in [5.41, 5.74) is 1.99. The molecule has 24 heavy (non-hydrogen) atoms. The van der Waals surface area contributed by atoms with Gasteiger partial charge in [-0.15, -0.1) is 0 Å². The first kappa shape index (κ1) is 16.7. The Balaban J connectivity index is 1.69. The molecular formula is C20H24N2O2. The van der Waals surface area contributed by atoms with Crippen LogP contribution in [0.25, 0.3) is 0 Å². The lowest BCUT2D eigenvalue weighted by Gasteiger charge is -2.32. The van der Waals surface area contributed by atoms with E-state index in [0.717, 1.165) is 37.3 Å². The van der Waals surface area contributed by atoms with Gasteiger partial charge in [0.15, 0.2) is 6.10 Å². The number of benzene rings is 2. The maximum atomic E-state index is 12.5. The van der Waals surface area contributed by atoms with Crippen molar-refractivity contribution in [2.75, 3.05) is 39.8 Å². The highest BCUT2D eigenvalue weighted by molar-refractivity contribution is 5.72. The highest BCUT2D eigenvalue weighted by atomic mass is 16.5. The van der Waals surface area contributed by atoms with Gasteiger partial charge in [-0.1, -0.05) is 60.7 Å². The lowest BCUT2D eigenvalue weighted by atomic mass is 10.0. The number of hydrogen-bond donors (Lipinski definition) is 0. The summed E-state index contributed by atoms with van der Waals surface area (Å²) >= 11 is 0. The maximum absolute atomic E-state index is 12.5. The van der Waals surface area contributed by atoms with Gasteiger partial charge in [0.05, 0.1) is 6.54 Å². The zero-order chi connectivity index (χ0) is 16.8. The Bertz CT molecular complexity index is 598. The molecule has 0 bridgehead atoms. The minimum atomic E-state index is -0.354. The molecule has 0 unspecified atom stereocenters. The topological polar surface area (TPSA) is 32.8 Å². The summed E-state index contributed by atoms with van der Waals surface area (Å²) in [4.78, 5) is 16.9. The van der Waals surface area contributed by atoms with Crippen LogP contribution in [0.1, 0.15) is 17.2 Å². The molecule has 126 valence electrons. The number of piperazine rings is 1. The fourth-order valence-electron chi connectivity index (χ4n) is 2.94. The molecule has 1 heterocycles. The van der Waals surface area contributed by atoms with E-state index in [0.29, 0.717) is 6.54 Å². The van der Waals surface area contributed by atoms with Crippen LogP contribution in [0.3, 0.4) is 0 Å². The van der Waals surface area contributed by atoms with Crippen LogP contribution in [0.15, 0.2) is 60.7 Å². The third-order valence-electron chi connectivity index (χ3n) is 4.40. The van der Waals surface area contributed by atoms with Crippen molar-refractivity contribution < 1.29 is 9.53 Å². The monoisotopic (exact) mass is 324 g/mol. The van der Waals surface area contributed by atoms with Gasteiger partial charge in [-0.25, -0.2) is 0 Å². The minimum Gasteiger partial charge on any atom is -0.452 e. The van der Waals surface area contributed by atoms with Gasteiger partial charge in [0, 0.05) is 26.2 Å². The number of esters is 1. The quantitative estimate of drug-likeness (QED) is 0.792. The molecule has 2 aromatic rings. The average molecular weight is 324 g/mol. The molecule has 0 N–H and O–H groups in total. The van der Waals surface area contributed by atoms with Crippen LogP contribution in [-0.4, -0.2) is 55.5 Å². The van der Waals surface area contributed by atoms with Gasteiger partial charge in [-0.05, 0) is 18.2 Å². The second-order valence-electron chi connectivity index (χ2n) is 6.27. The van der Waals surface area contributed by atoms with E-state index in [1.807, 2.05) is 60.7 Å². The average Bonchev–Trinajstić information content (AvgIpc) is 2.63. The predicted molar refractivity (Wildman–Crippen MR) is 94.8 cm³/mol. The van der Waals surface area contributed by atoms with Crippen molar-refractivity contribution in [3.8, 4) is 0 Å². The lowest BCUT2D eigenvalue weighted by molar-refractivity contribution is -0.149. The standard InChI is InChI=1S/C20H24N2O2/c1-21-12-14-22(15-13-21)16-19(23)24-20(17-8-4-2-5-9-17)18-10-6-3-7-11-18/h2-11,20H,12-16H2,1H3. The van der Waals surface area contributed by atoms with Crippen LogP contribution in [-0.2, 0) is 9.53 Å². The summed E-state index contributed by atoms with van der Waals surface area (Å²) in [5, 5.41) is 0. The van der Waals surface area contributed by atoms with Crippen molar-refractivity contribution >= 4 is 5.97 Å². The van der Waals surface area contributed by atoms with Gasteiger partial charge in [0.25, 0.3) is 0 Å². The summed E-state index contributed by atoms with van der Waals surface area (Å²) in [7, 11) is 2.11. The number of hydrogen-bond acceptors (Lipinski definition) is 4. The predicted octanol–water partition coefficient (Wildman–Crippen LogP) is 2.57. The van der Waals surface area contributed by atoms with Crippen LogP contribution >= 0.6 is 0 Å². The number of carbonyl (C=O) groups excluding carboxylic acids is 1. The summed E-state index contributed by atoms with van der Waals surface area (Å²) in [6.07, 6.45) is -0.354. The number of likely N-dealkylation sites (N-methyl/N-ethyl adjacent to an activating group) is 1. The molecule has 1 aliphatic heterocycles. The van der Waals surface area contributed by atoms with Gasteiger partial charge in [0.2, 0.25) is 0 Å². The number of nitrogens with zero attached hydrogens (tertiary/aromatic N) is 2. The second-order valence-corrected chi connectivity index (χ2v) is 6.27. The number of rotatable bonds is 5. The first-order chi connectivity index (χ1) is 11.7. The Kier molecular flexibility index (Phi) is 5.62. The molecule has 4 heteroatoms. The molecule has 4 nitrogen and oxygen atoms in total. The molecule has 0 aliphatic carbocycles. The smallest absolute Gasteiger partial charge is 0.321 e. The molecule has 1 fully saturated rings. The van der Waals surface area contributed by atoms with Crippen molar-refractivity contribution in [3.63, 3.8) is 0 Å². The lowest BCUT2D eigenvalue weighted by Crippen LogP contribution is -2.46. The van der Waals surface area contributed by atoms with Gasteiger partial charge >= 0.3 is 5.97 Å². The van der Waals surface area contributed by atoms with Crippen LogP contribution < -0.4 is 0 Å². The Morgan fingerprint density at radius 3 is 1.92 bits per heavy atom. The minimum absolute atomic E-state index is 0.169. The third kappa shape index (κ3) is 4.43. The molecule has 0 amide bonds. The van der Waals surface area contributed by atoms with E-state index in [1.165, 1.54) is 0 Å². The Labute approximate surface area is 143 Å². The maximum Gasteiger partial charge on any atom is 0.321 e. The van der Waals surface area contributed by atoms with Gasteiger partial charge in [-0.3, -0.25) is 9.69 Å². The van der Waals surface area contributed by atoms with E-state index in [-0.39, 0.29) is 12.1 Å². The zero-order valence-electron chi connectivity index (χ0n) is 14.1. The highest BCUT2D eigenvalue weighted by Gasteiger charge is 2.22. The molecule has 0 aromatic heterocycles. The molecule has 0 radical (unpaired) electrons. The van der Waals surface area contributed by atoms with E-state index in [4.69, 9.17) is 4.74 Å². The van der Waals surface area contributed by atoms with Crippen molar-refractivity contribution in [1.82, 2.24) is 9.80 Å². The fraction of sp³-hybridized carbons (Fsp3) is 0.350. The van der Waals surface area contributed by atoms with Gasteiger partial charge in [-0.2, -0.15) is 0 Å². The SMILES string of the molecule is CN1CCN(CC(=O)OC(c2ccccc2)c2ccccc2)CC1. The molecule has 2 aromatic carbocycles. The highest BCUT2D eigenvalue weighted by Crippen LogP contribution is 2.26. The zero-order valence-corrected chi connectivity index (χ0v) is 14.1. The normalized spacial score (nSPS) is 16.2. The Hall–Kier alpha value is -2.17. The fourth-order valence-corrected chi connectivity index (χ4v) is 2.94. The molecule has 0 atom stereocenters. The van der Waals surface area contributed by atoms with E-state index in [1.54, 1.807) is 0 Å². The van der Waals surface area contributed by atoms with Crippen molar-refractivity contribution in [2.45, 2.75) is 6.10 Å². The van der Waals surface area contributed by atoms with E-state index in [9.17, 15) is 4.79 Å². The summed E-state index contributed by atoms with van der Waals surface area (Å²) in [6, 6.07) is 19.8. The van der Waals surface area contributed by atoms with Crippen molar-refractivity contribution in [1.29, 1.82) is 0 Å². The van der Waals surface area contributed by atoms with Crippen molar-refractivity contribution in [3.05, 3.63) is 71.8 Å².